The van der Waals surface area contributed by atoms with Gasteiger partial charge in [-0.1, -0.05) is 61.4 Å². The minimum absolute atomic E-state index is 0.0247. The summed E-state index contributed by atoms with van der Waals surface area (Å²) < 4.78 is 5.65. The lowest BCUT2D eigenvalue weighted by Crippen LogP contribution is -2.48. The Morgan fingerprint density at radius 1 is 0.971 bits per heavy atom. The monoisotopic (exact) mass is 462 g/mol. The number of rotatable bonds is 6. The van der Waals surface area contributed by atoms with Crippen LogP contribution in [0.15, 0.2) is 48.5 Å². The first kappa shape index (κ1) is 22.4. The molecule has 1 atom stereocenters. The summed E-state index contributed by atoms with van der Waals surface area (Å²) in [6.07, 6.45) is 3.98. The fourth-order valence-electron chi connectivity index (χ4n) is 5.40. The van der Waals surface area contributed by atoms with Gasteiger partial charge < -0.3 is 20.1 Å². The molecule has 1 unspecified atom stereocenters. The number of nitrogens with one attached hydrogen (secondary N) is 1. The summed E-state index contributed by atoms with van der Waals surface area (Å²) >= 11 is 0. The van der Waals surface area contributed by atoms with E-state index in [0.29, 0.717) is 25.8 Å². The molecule has 2 fully saturated rings. The van der Waals surface area contributed by atoms with Crippen molar-refractivity contribution in [2.45, 2.75) is 62.4 Å². The molecule has 1 aliphatic heterocycles. The van der Waals surface area contributed by atoms with E-state index in [1.807, 2.05) is 24.3 Å². The maximum absolute atomic E-state index is 13.0. The van der Waals surface area contributed by atoms with Crippen molar-refractivity contribution in [3.05, 3.63) is 59.7 Å². The minimum Gasteiger partial charge on any atom is -0.480 e. The SMILES string of the molecule is O=C(NC1(CC(=O)N2CCCCCC2C(=O)O)CC1)OCC1c2ccccc2-c2ccccc21. The zero-order chi connectivity index (χ0) is 23.7. The number of ether oxygens (including phenoxy) is 1. The minimum atomic E-state index is -0.954. The molecule has 1 saturated carbocycles. The van der Waals surface area contributed by atoms with E-state index in [0.717, 1.165) is 30.4 Å². The van der Waals surface area contributed by atoms with E-state index in [1.54, 1.807) is 0 Å². The van der Waals surface area contributed by atoms with E-state index in [9.17, 15) is 19.5 Å². The summed E-state index contributed by atoms with van der Waals surface area (Å²) in [6.45, 7) is 0.675. The molecule has 1 saturated heterocycles. The number of alkyl carbamates (subject to hydrolysis) is 1. The number of carbonyl (C=O) groups excluding carboxylic acids is 2. The van der Waals surface area contributed by atoms with Gasteiger partial charge in [-0.2, -0.15) is 0 Å². The Morgan fingerprint density at radius 3 is 2.24 bits per heavy atom. The molecule has 7 nitrogen and oxygen atoms in total. The van der Waals surface area contributed by atoms with E-state index >= 15 is 0 Å². The van der Waals surface area contributed by atoms with Gasteiger partial charge in [0.1, 0.15) is 12.6 Å². The Labute approximate surface area is 199 Å². The second kappa shape index (κ2) is 9.12. The lowest BCUT2D eigenvalue weighted by molar-refractivity contribution is -0.150. The molecule has 34 heavy (non-hydrogen) atoms. The highest BCUT2D eigenvalue weighted by molar-refractivity contribution is 5.85. The van der Waals surface area contributed by atoms with Crippen molar-refractivity contribution < 1.29 is 24.2 Å². The quantitative estimate of drug-likeness (QED) is 0.667. The third kappa shape index (κ3) is 4.39. The highest BCUT2D eigenvalue weighted by Gasteiger charge is 2.48. The molecular weight excluding hydrogens is 432 g/mol. The molecule has 0 aromatic heterocycles. The van der Waals surface area contributed by atoms with E-state index in [2.05, 4.69) is 29.6 Å². The molecule has 2 aromatic carbocycles. The topological polar surface area (TPSA) is 95.9 Å². The molecule has 178 valence electrons. The van der Waals surface area contributed by atoms with Crippen molar-refractivity contribution in [3.63, 3.8) is 0 Å². The standard InChI is InChI=1S/C27H30N2O5/c30-24(29-15-7-1-2-12-23(29)25(31)32)16-27(13-14-27)28-26(33)34-17-22-20-10-5-3-8-18(20)19-9-4-6-11-21(19)22/h3-6,8-11,22-23H,1-2,7,12-17H2,(H,28,33)(H,31,32). The molecule has 5 rings (SSSR count). The van der Waals surface area contributed by atoms with Gasteiger partial charge in [-0.15, -0.1) is 0 Å². The largest absolute Gasteiger partial charge is 0.480 e. The Balaban J connectivity index is 1.21. The third-order valence-corrected chi connectivity index (χ3v) is 7.41. The van der Waals surface area contributed by atoms with Crippen molar-refractivity contribution >= 4 is 18.0 Å². The van der Waals surface area contributed by atoms with E-state index < -0.39 is 23.6 Å². The lowest BCUT2D eigenvalue weighted by atomic mass is 9.98. The Bertz CT molecular complexity index is 1060. The van der Waals surface area contributed by atoms with Gasteiger partial charge in [0.25, 0.3) is 0 Å². The number of carboxylic acids is 1. The van der Waals surface area contributed by atoms with Crippen molar-refractivity contribution in [1.29, 1.82) is 0 Å². The van der Waals surface area contributed by atoms with Gasteiger partial charge in [-0.05, 0) is 47.9 Å². The van der Waals surface area contributed by atoms with Crippen LogP contribution in [0.25, 0.3) is 11.1 Å². The van der Waals surface area contributed by atoms with E-state index in [-0.39, 0.29) is 24.9 Å². The molecule has 1 heterocycles. The fourth-order valence-corrected chi connectivity index (χ4v) is 5.40. The number of fused-ring (bicyclic) bond motifs is 3. The Kier molecular flexibility index (Phi) is 6.02. The average Bonchev–Trinajstić information content (AvgIpc) is 3.56. The van der Waals surface area contributed by atoms with Gasteiger partial charge in [-0.25, -0.2) is 9.59 Å². The first-order chi connectivity index (χ1) is 16.5. The molecule has 0 radical (unpaired) electrons. The van der Waals surface area contributed by atoms with Crippen LogP contribution in [0.4, 0.5) is 4.79 Å². The van der Waals surface area contributed by atoms with Crippen LogP contribution in [0.3, 0.4) is 0 Å². The molecule has 0 bridgehead atoms. The van der Waals surface area contributed by atoms with Gasteiger partial charge in [0.15, 0.2) is 0 Å². The first-order valence-corrected chi connectivity index (χ1v) is 12.1. The molecule has 0 spiro atoms. The molecule has 7 heteroatoms. The highest BCUT2D eigenvalue weighted by atomic mass is 16.5. The normalized spacial score (nSPS) is 20.6. The maximum Gasteiger partial charge on any atom is 0.407 e. The maximum atomic E-state index is 13.0. The van der Waals surface area contributed by atoms with Crippen LogP contribution in [-0.4, -0.2) is 52.7 Å². The number of carbonyl (C=O) groups is 3. The van der Waals surface area contributed by atoms with Crippen molar-refractivity contribution in [3.8, 4) is 11.1 Å². The van der Waals surface area contributed by atoms with Gasteiger partial charge >= 0.3 is 12.1 Å². The summed E-state index contributed by atoms with van der Waals surface area (Å²) in [4.78, 5) is 38.9. The van der Waals surface area contributed by atoms with E-state index in [4.69, 9.17) is 4.74 Å². The van der Waals surface area contributed by atoms with Crippen LogP contribution in [0, 0.1) is 0 Å². The van der Waals surface area contributed by atoms with Gasteiger partial charge in [0.05, 0.1) is 12.0 Å². The number of benzene rings is 2. The van der Waals surface area contributed by atoms with Crippen LogP contribution >= 0.6 is 0 Å². The predicted molar refractivity (Wildman–Crippen MR) is 126 cm³/mol. The fraction of sp³-hybridized carbons (Fsp3) is 0.444. The van der Waals surface area contributed by atoms with Gasteiger partial charge in [0, 0.05) is 12.5 Å². The summed E-state index contributed by atoms with van der Waals surface area (Å²) in [6, 6.07) is 15.6. The molecule has 2 aromatic rings. The molecule has 2 N–H and O–H groups in total. The number of nitrogens with zero attached hydrogens (tertiary/aromatic N) is 1. The molecule has 2 amide bonds. The van der Waals surface area contributed by atoms with Crippen molar-refractivity contribution in [2.75, 3.05) is 13.2 Å². The van der Waals surface area contributed by atoms with Gasteiger partial charge in [0.2, 0.25) is 5.91 Å². The smallest absolute Gasteiger partial charge is 0.407 e. The number of likely N-dealkylation sites (tertiary alicyclic amines) is 1. The summed E-state index contributed by atoms with van der Waals surface area (Å²) in [5.41, 5.74) is 4.00. The molecular formula is C27H30N2O5. The predicted octanol–water partition coefficient (Wildman–Crippen LogP) is 4.30. The van der Waals surface area contributed by atoms with Crippen LogP contribution in [-0.2, 0) is 14.3 Å². The summed E-state index contributed by atoms with van der Waals surface area (Å²) in [7, 11) is 0. The number of amides is 2. The van der Waals surface area contributed by atoms with Crippen LogP contribution in [0.5, 0.6) is 0 Å². The second-order valence-electron chi connectivity index (χ2n) is 9.70. The zero-order valence-corrected chi connectivity index (χ0v) is 19.2. The second-order valence-corrected chi connectivity index (χ2v) is 9.70. The number of hydrogen-bond donors (Lipinski definition) is 2. The van der Waals surface area contributed by atoms with Gasteiger partial charge in [-0.3, -0.25) is 4.79 Å². The average molecular weight is 463 g/mol. The molecule has 3 aliphatic rings. The lowest BCUT2D eigenvalue weighted by Gasteiger charge is -2.29. The molecule has 2 aliphatic carbocycles. The third-order valence-electron chi connectivity index (χ3n) is 7.41. The summed E-state index contributed by atoms with van der Waals surface area (Å²) in [5, 5.41) is 12.5. The number of aliphatic carboxylic acids is 1. The first-order valence-electron chi connectivity index (χ1n) is 12.1. The number of carboxylic acid groups (broad SMARTS) is 1. The zero-order valence-electron chi connectivity index (χ0n) is 19.2. The van der Waals surface area contributed by atoms with Crippen molar-refractivity contribution in [1.82, 2.24) is 10.2 Å². The van der Waals surface area contributed by atoms with Crippen molar-refractivity contribution in [2.24, 2.45) is 0 Å². The number of hydrogen-bond acceptors (Lipinski definition) is 4. The Morgan fingerprint density at radius 2 is 1.62 bits per heavy atom. The highest BCUT2D eigenvalue weighted by Crippen LogP contribution is 2.45. The van der Waals surface area contributed by atoms with Crippen LogP contribution in [0.1, 0.15) is 62.0 Å². The summed E-state index contributed by atoms with van der Waals surface area (Å²) in [5.74, 6) is -1.18. The Hall–Kier alpha value is -3.35. The van der Waals surface area contributed by atoms with Crippen LogP contribution < -0.4 is 5.32 Å². The van der Waals surface area contributed by atoms with E-state index in [1.165, 1.54) is 16.0 Å². The van der Waals surface area contributed by atoms with Crippen LogP contribution in [0.2, 0.25) is 0 Å².